The van der Waals surface area contributed by atoms with E-state index in [9.17, 15) is 12.8 Å². The predicted molar refractivity (Wildman–Crippen MR) is 81.5 cm³/mol. The van der Waals surface area contributed by atoms with Gasteiger partial charge in [-0.2, -0.15) is 0 Å². The summed E-state index contributed by atoms with van der Waals surface area (Å²) >= 11 is 5.61. The van der Waals surface area contributed by atoms with Crippen molar-refractivity contribution < 1.29 is 12.8 Å². The minimum Gasteiger partial charge on any atom is -0.211 e. The van der Waals surface area contributed by atoms with E-state index in [0.717, 1.165) is 23.3 Å². The summed E-state index contributed by atoms with van der Waals surface area (Å²) in [5.74, 6) is -0.856. The van der Waals surface area contributed by atoms with Gasteiger partial charge in [-0.05, 0) is 42.7 Å². The van der Waals surface area contributed by atoms with Crippen molar-refractivity contribution in [3.63, 3.8) is 0 Å². The third-order valence-electron chi connectivity index (χ3n) is 3.13. The average molecular weight is 328 g/mol. The molecule has 2 rings (SSSR count). The van der Waals surface area contributed by atoms with E-state index in [-0.39, 0.29) is 11.6 Å². The molecule has 0 bridgehead atoms. The van der Waals surface area contributed by atoms with E-state index < -0.39 is 20.7 Å². The molecule has 6 heteroatoms. The fourth-order valence-corrected chi connectivity index (χ4v) is 3.23. The van der Waals surface area contributed by atoms with Crippen molar-refractivity contribution in [3.05, 3.63) is 64.4 Å². The highest BCUT2D eigenvalue weighted by Crippen LogP contribution is 2.18. The molecule has 3 nitrogen and oxygen atoms in total. The number of rotatable bonds is 5. The average Bonchev–Trinajstić information content (AvgIpc) is 2.40. The Morgan fingerprint density at radius 2 is 1.90 bits per heavy atom. The van der Waals surface area contributed by atoms with Gasteiger partial charge in [-0.25, -0.2) is 17.5 Å². The molecule has 0 radical (unpaired) electrons. The Bertz CT molecular complexity index is 747. The van der Waals surface area contributed by atoms with Gasteiger partial charge >= 0.3 is 0 Å². The highest BCUT2D eigenvalue weighted by molar-refractivity contribution is 7.89. The lowest BCUT2D eigenvalue weighted by Gasteiger charge is -2.09. The first-order valence-electron chi connectivity index (χ1n) is 6.39. The Hall–Kier alpha value is -1.43. The van der Waals surface area contributed by atoms with Crippen LogP contribution in [0.4, 0.5) is 4.39 Å². The maximum absolute atomic E-state index is 13.7. The quantitative estimate of drug-likeness (QED) is 0.915. The molecule has 0 unspecified atom stereocenters. The smallest absolute Gasteiger partial charge is 0.211 e. The predicted octanol–water partition coefficient (Wildman–Crippen LogP) is 3.31. The summed E-state index contributed by atoms with van der Waals surface area (Å²) in [6, 6.07) is 11.2. The van der Waals surface area contributed by atoms with Crippen LogP contribution in [0.5, 0.6) is 0 Å². The van der Waals surface area contributed by atoms with E-state index in [1.54, 1.807) is 0 Å². The third kappa shape index (κ3) is 4.03. The van der Waals surface area contributed by atoms with Crippen LogP contribution in [-0.4, -0.2) is 15.0 Å². The summed E-state index contributed by atoms with van der Waals surface area (Å²) in [7, 11) is -3.87. The Balaban J connectivity index is 2.07. The van der Waals surface area contributed by atoms with Gasteiger partial charge in [0.25, 0.3) is 0 Å². The van der Waals surface area contributed by atoms with Crippen LogP contribution in [-0.2, 0) is 16.4 Å². The summed E-state index contributed by atoms with van der Waals surface area (Å²) in [5.41, 5.74) is 2.14. The number of hydrogen-bond acceptors (Lipinski definition) is 2. The number of benzene rings is 2. The van der Waals surface area contributed by atoms with Crippen LogP contribution in [0, 0.1) is 12.7 Å². The van der Waals surface area contributed by atoms with Gasteiger partial charge in [-0.3, -0.25) is 0 Å². The van der Waals surface area contributed by atoms with Crippen molar-refractivity contribution in [3.8, 4) is 0 Å². The molecule has 112 valence electrons. The number of halogens is 2. The zero-order valence-corrected chi connectivity index (χ0v) is 13.0. The Labute approximate surface area is 128 Å². The summed E-state index contributed by atoms with van der Waals surface area (Å²) < 4.78 is 40.1. The highest BCUT2D eigenvalue weighted by Gasteiger charge is 2.18. The number of nitrogens with one attached hydrogen (secondary N) is 1. The molecular weight excluding hydrogens is 313 g/mol. The van der Waals surface area contributed by atoms with Gasteiger partial charge in [-0.15, -0.1) is 0 Å². The molecule has 0 saturated heterocycles. The molecule has 0 heterocycles. The normalized spacial score (nSPS) is 11.6. The van der Waals surface area contributed by atoms with E-state index >= 15 is 0 Å². The zero-order valence-electron chi connectivity index (χ0n) is 11.4. The van der Waals surface area contributed by atoms with Crippen LogP contribution in [0.15, 0.2) is 47.4 Å². The van der Waals surface area contributed by atoms with Crippen molar-refractivity contribution in [2.45, 2.75) is 18.2 Å². The van der Waals surface area contributed by atoms with Gasteiger partial charge in [0, 0.05) is 11.6 Å². The van der Waals surface area contributed by atoms with Gasteiger partial charge in [0.2, 0.25) is 10.0 Å². The monoisotopic (exact) mass is 327 g/mol. The molecule has 1 N–H and O–H groups in total. The summed E-state index contributed by atoms with van der Waals surface area (Å²) in [5, 5.41) is 0.159. The lowest BCUT2D eigenvalue weighted by atomic mass is 10.1. The zero-order chi connectivity index (χ0) is 15.5. The van der Waals surface area contributed by atoms with Gasteiger partial charge in [-0.1, -0.05) is 35.9 Å². The highest BCUT2D eigenvalue weighted by atomic mass is 35.5. The van der Waals surface area contributed by atoms with Crippen molar-refractivity contribution >= 4 is 21.6 Å². The molecule has 0 aliphatic rings. The largest absolute Gasteiger partial charge is 0.243 e. The maximum atomic E-state index is 13.7. The lowest BCUT2D eigenvalue weighted by molar-refractivity contribution is 0.557. The fraction of sp³-hybridized carbons (Fsp3) is 0.200. The molecule has 0 aromatic heterocycles. The molecule has 21 heavy (non-hydrogen) atoms. The number of hydrogen-bond donors (Lipinski definition) is 1. The molecule has 0 atom stereocenters. The summed E-state index contributed by atoms with van der Waals surface area (Å²) in [6.07, 6.45) is 0.543. The minimum absolute atomic E-state index is 0.159. The van der Waals surface area contributed by atoms with Gasteiger partial charge in [0.1, 0.15) is 10.7 Å². The first kappa shape index (κ1) is 15.9. The minimum atomic E-state index is -3.87. The van der Waals surface area contributed by atoms with Crippen LogP contribution < -0.4 is 4.72 Å². The molecule has 0 fully saturated rings. The lowest BCUT2D eigenvalue weighted by Crippen LogP contribution is -2.27. The van der Waals surface area contributed by atoms with Crippen LogP contribution in [0.1, 0.15) is 11.1 Å². The summed E-state index contributed by atoms with van der Waals surface area (Å²) in [6.45, 7) is 2.16. The maximum Gasteiger partial charge on any atom is 0.243 e. The molecule has 2 aromatic rings. The number of aryl methyl sites for hydroxylation is 1. The second kappa shape index (κ2) is 6.56. The van der Waals surface area contributed by atoms with E-state index in [1.807, 2.05) is 31.2 Å². The van der Waals surface area contributed by atoms with Gasteiger partial charge in [0.15, 0.2) is 0 Å². The topological polar surface area (TPSA) is 46.2 Å². The second-order valence-corrected chi connectivity index (χ2v) is 6.82. The van der Waals surface area contributed by atoms with E-state index in [1.165, 1.54) is 6.07 Å². The van der Waals surface area contributed by atoms with Gasteiger partial charge in [0.05, 0.1) is 0 Å². The SMILES string of the molecule is Cc1ccccc1CCNS(=O)(=O)c1ccc(Cl)cc1F. The van der Waals surface area contributed by atoms with Crippen molar-refractivity contribution in [1.82, 2.24) is 4.72 Å². The van der Waals surface area contributed by atoms with E-state index in [4.69, 9.17) is 11.6 Å². The first-order valence-corrected chi connectivity index (χ1v) is 8.25. The van der Waals surface area contributed by atoms with Crippen LogP contribution >= 0.6 is 11.6 Å². The van der Waals surface area contributed by atoms with Gasteiger partial charge < -0.3 is 0 Å². The van der Waals surface area contributed by atoms with Crippen LogP contribution in [0.2, 0.25) is 5.02 Å². The molecule has 2 aromatic carbocycles. The standard InChI is InChI=1S/C15H15ClFNO2S/c1-11-4-2-3-5-12(11)8-9-18-21(19,20)15-7-6-13(16)10-14(15)17/h2-7,10,18H,8-9H2,1H3. The molecule has 0 saturated carbocycles. The van der Waals surface area contributed by atoms with E-state index in [2.05, 4.69) is 4.72 Å². The molecule has 0 aliphatic carbocycles. The Kier molecular flexibility index (Phi) is 4.98. The molecular formula is C15H15ClFNO2S. The van der Waals surface area contributed by atoms with Crippen LogP contribution in [0.25, 0.3) is 0 Å². The van der Waals surface area contributed by atoms with E-state index in [0.29, 0.717) is 6.42 Å². The van der Waals surface area contributed by atoms with Crippen molar-refractivity contribution in [2.24, 2.45) is 0 Å². The number of sulfonamides is 1. The Morgan fingerprint density at radius 3 is 2.57 bits per heavy atom. The molecule has 0 amide bonds. The van der Waals surface area contributed by atoms with Crippen LogP contribution in [0.3, 0.4) is 0 Å². The molecule has 0 aliphatic heterocycles. The first-order chi connectivity index (χ1) is 9.90. The van der Waals surface area contributed by atoms with Crippen molar-refractivity contribution in [1.29, 1.82) is 0 Å². The Morgan fingerprint density at radius 1 is 1.19 bits per heavy atom. The van der Waals surface area contributed by atoms with Crippen molar-refractivity contribution in [2.75, 3.05) is 6.54 Å². The molecule has 0 spiro atoms. The summed E-state index contributed by atoms with van der Waals surface area (Å²) in [4.78, 5) is -0.392. The third-order valence-corrected chi connectivity index (χ3v) is 4.86. The fourth-order valence-electron chi connectivity index (χ4n) is 1.98. The second-order valence-electron chi connectivity index (χ2n) is 4.65.